The third-order valence-electron chi connectivity index (χ3n) is 6.46. The number of nitrogens with two attached hydrogens (primary N) is 1. The molecule has 0 amide bonds. The van der Waals surface area contributed by atoms with E-state index >= 15 is 0 Å². The second-order valence-electron chi connectivity index (χ2n) is 9.65. The summed E-state index contributed by atoms with van der Waals surface area (Å²) >= 11 is 0. The summed E-state index contributed by atoms with van der Waals surface area (Å²) in [5, 5.41) is 11.3. The zero-order chi connectivity index (χ0) is 25.0. The number of nitrogens with zero attached hydrogens (tertiary/aromatic N) is 1. The van der Waals surface area contributed by atoms with Gasteiger partial charge in [0.25, 0.3) is 5.69 Å². The number of nitro groups is 1. The largest absolute Gasteiger partial charge is 0.458 e. The topological polar surface area (TPSA) is 95.5 Å². The van der Waals surface area contributed by atoms with Crippen molar-refractivity contribution in [1.29, 1.82) is 0 Å². The van der Waals surface area contributed by atoms with Crippen molar-refractivity contribution in [1.82, 2.24) is 0 Å². The van der Waals surface area contributed by atoms with Gasteiger partial charge in [-0.2, -0.15) is 0 Å². The van der Waals surface area contributed by atoms with Crippen LogP contribution in [0, 0.1) is 17.0 Å². The van der Waals surface area contributed by atoms with Crippen LogP contribution in [-0.4, -0.2) is 17.4 Å². The molecule has 34 heavy (non-hydrogen) atoms. The molecule has 194 valence electrons. The molecule has 1 rings (SSSR count). The van der Waals surface area contributed by atoms with Crippen molar-refractivity contribution in [3.8, 4) is 0 Å². The smallest absolute Gasteiger partial charge is 0.306 e. The van der Waals surface area contributed by atoms with Crippen LogP contribution in [0.15, 0.2) is 18.2 Å². The maximum Gasteiger partial charge on any atom is 0.306 e. The number of esters is 1. The Morgan fingerprint density at radius 2 is 1.29 bits per heavy atom. The van der Waals surface area contributed by atoms with Crippen LogP contribution in [0.2, 0.25) is 0 Å². The maximum atomic E-state index is 12.1. The Balaban J connectivity index is 1.97. The Bertz CT molecular complexity index is 693. The molecule has 1 unspecified atom stereocenters. The second kappa shape index (κ2) is 19.4. The SMILES string of the molecule is Cc1ccc(C(C)OC(=O)CCCCCCCCCCCCCCCCCCN)c([N+](=O)[O-])c1. The van der Waals surface area contributed by atoms with Gasteiger partial charge in [0.05, 0.1) is 10.5 Å². The van der Waals surface area contributed by atoms with E-state index in [9.17, 15) is 14.9 Å². The van der Waals surface area contributed by atoms with E-state index in [0.717, 1.165) is 31.4 Å². The molecule has 0 heterocycles. The molecule has 0 aromatic heterocycles. The molecular weight excluding hydrogens is 428 g/mol. The Kier molecular flexibility index (Phi) is 17.1. The van der Waals surface area contributed by atoms with E-state index in [0.29, 0.717) is 12.0 Å². The van der Waals surface area contributed by atoms with E-state index in [1.165, 1.54) is 89.5 Å². The lowest BCUT2D eigenvalue weighted by Gasteiger charge is -2.14. The highest BCUT2D eigenvalue weighted by Gasteiger charge is 2.21. The standard InChI is InChI=1S/C28H48N2O4/c1-24-20-21-26(27(23-24)30(32)33)25(2)34-28(31)19-17-15-13-11-9-7-5-3-4-6-8-10-12-14-16-18-22-29/h20-21,23,25H,3-19,22,29H2,1-2H3. The number of ether oxygens (including phenoxy) is 1. The van der Waals surface area contributed by atoms with Crippen molar-refractivity contribution in [3.63, 3.8) is 0 Å². The highest BCUT2D eigenvalue weighted by molar-refractivity contribution is 5.69. The molecule has 6 nitrogen and oxygen atoms in total. The van der Waals surface area contributed by atoms with Crippen molar-refractivity contribution in [2.45, 2.75) is 129 Å². The predicted molar refractivity (Wildman–Crippen MR) is 140 cm³/mol. The minimum absolute atomic E-state index is 0.00866. The zero-order valence-corrected chi connectivity index (χ0v) is 21.7. The van der Waals surface area contributed by atoms with Crippen molar-refractivity contribution in [2.75, 3.05) is 6.54 Å². The van der Waals surface area contributed by atoms with Crippen molar-refractivity contribution < 1.29 is 14.5 Å². The number of carbonyl (C=O) groups excluding carboxylic acids is 1. The second-order valence-corrected chi connectivity index (χ2v) is 9.65. The van der Waals surface area contributed by atoms with E-state index in [4.69, 9.17) is 10.5 Å². The molecule has 6 heteroatoms. The van der Waals surface area contributed by atoms with Crippen molar-refractivity contribution in [2.24, 2.45) is 5.73 Å². The molecule has 0 saturated carbocycles. The summed E-state index contributed by atoms with van der Waals surface area (Å²) in [5.74, 6) is -0.280. The van der Waals surface area contributed by atoms with Crippen LogP contribution in [0.5, 0.6) is 0 Å². The molecule has 0 radical (unpaired) electrons. The number of benzene rings is 1. The minimum Gasteiger partial charge on any atom is -0.458 e. The summed E-state index contributed by atoms with van der Waals surface area (Å²) in [6.07, 6.45) is 19.9. The molecule has 0 aliphatic carbocycles. The van der Waals surface area contributed by atoms with E-state index in [1.54, 1.807) is 19.1 Å². The molecule has 0 spiro atoms. The number of rotatable bonds is 21. The number of nitro benzene ring substituents is 1. The van der Waals surface area contributed by atoms with Crippen LogP contribution in [0.25, 0.3) is 0 Å². The number of unbranched alkanes of at least 4 members (excludes halogenated alkanes) is 15. The van der Waals surface area contributed by atoms with Gasteiger partial charge in [0, 0.05) is 12.5 Å². The van der Waals surface area contributed by atoms with Gasteiger partial charge in [-0.15, -0.1) is 0 Å². The summed E-state index contributed by atoms with van der Waals surface area (Å²) < 4.78 is 5.45. The maximum absolute atomic E-state index is 12.1. The lowest BCUT2D eigenvalue weighted by Crippen LogP contribution is -2.10. The van der Waals surface area contributed by atoms with Crippen molar-refractivity contribution in [3.05, 3.63) is 39.4 Å². The fourth-order valence-electron chi connectivity index (χ4n) is 4.36. The van der Waals surface area contributed by atoms with Gasteiger partial charge >= 0.3 is 5.97 Å². The van der Waals surface area contributed by atoms with Crippen LogP contribution >= 0.6 is 0 Å². The molecule has 1 aromatic carbocycles. The highest BCUT2D eigenvalue weighted by Crippen LogP contribution is 2.28. The third kappa shape index (κ3) is 14.3. The van der Waals surface area contributed by atoms with Crippen LogP contribution in [0.1, 0.15) is 133 Å². The Morgan fingerprint density at radius 1 is 0.853 bits per heavy atom. The monoisotopic (exact) mass is 476 g/mol. The molecule has 1 aromatic rings. The van der Waals surface area contributed by atoms with Gasteiger partial charge in [0.15, 0.2) is 0 Å². The van der Waals surface area contributed by atoms with Gasteiger partial charge in [-0.05, 0) is 44.9 Å². The third-order valence-corrected chi connectivity index (χ3v) is 6.46. The lowest BCUT2D eigenvalue weighted by molar-refractivity contribution is -0.386. The zero-order valence-electron chi connectivity index (χ0n) is 21.7. The average Bonchev–Trinajstić information content (AvgIpc) is 2.80. The quantitative estimate of drug-likeness (QED) is 0.0836. The van der Waals surface area contributed by atoms with Gasteiger partial charge in [-0.25, -0.2) is 0 Å². The normalized spacial score (nSPS) is 12.0. The number of aryl methyl sites for hydroxylation is 1. The van der Waals surface area contributed by atoms with Gasteiger partial charge in [-0.1, -0.05) is 96.0 Å². The minimum atomic E-state index is -0.616. The van der Waals surface area contributed by atoms with Crippen LogP contribution in [0.4, 0.5) is 5.69 Å². The summed E-state index contributed by atoms with van der Waals surface area (Å²) in [6.45, 7) is 4.34. The Labute approximate surface area is 207 Å². The fourth-order valence-corrected chi connectivity index (χ4v) is 4.36. The summed E-state index contributed by atoms with van der Waals surface area (Å²) in [4.78, 5) is 23.0. The fraction of sp³-hybridized carbons (Fsp3) is 0.750. The molecule has 0 aliphatic rings. The highest BCUT2D eigenvalue weighted by atomic mass is 16.6. The molecule has 0 aliphatic heterocycles. The first-order valence-corrected chi connectivity index (χ1v) is 13.6. The van der Waals surface area contributed by atoms with Crippen LogP contribution in [-0.2, 0) is 9.53 Å². The van der Waals surface area contributed by atoms with E-state index < -0.39 is 11.0 Å². The summed E-state index contributed by atoms with van der Waals surface area (Å²) in [6, 6.07) is 5.00. The van der Waals surface area contributed by atoms with E-state index in [1.807, 2.05) is 6.92 Å². The molecule has 0 fully saturated rings. The van der Waals surface area contributed by atoms with Gasteiger partial charge in [0.2, 0.25) is 0 Å². The molecule has 1 atom stereocenters. The lowest BCUT2D eigenvalue weighted by atomic mass is 10.0. The van der Waals surface area contributed by atoms with Gasteiger partial charge in [0.1, 0.15) is 6.10 Å². The van der Waals surface area contributed by atoms with Crippen LogP contribution in [0.3, 0.4) is 0 Å². The van der Waals surface area contributed by atoms with Crippen LogP contribution < -0.4 is 5.73 Å². The first-order chi connectivity index (χ1) is 16.5. The first-order valence-electron chi connectivity index (χ1n) is 13.6. The Morgan fingerprint density at radius 3 is 1.74 bits per heavy atom. The first kappa shape index (κ1) is 30.1. The molecule has 0 saturated heterocycles. The number of carbonyl (C=O) groups is 1. The molecule has 0 bridgehead atoms. The number of hydrogen-bond acceptors (Lipinski definition) is 5. The van der Waals surface area contributed by atoms with E-state index in [-0.39, 0.29) is 11.7 Å². The average molecular weight is 477 g/mol. The number of hydrogen-bond donors (Lipinski definition) is 1. The van der Waals surface area contributed by atoms with Gasteiger partial charge in [-0.3, -0.25) is 14.9 Å². The molecule has 2 N–H and O–H groups in total. The van der Waals surface area contributed by atoms with E-state index in [2.05, 4.69) is 0 Å². The summed E-state index contributed by atoms with van der Waals surface area (Å²) in [7, 11) is 0. The molecular formula is C28H48N2O4. The predicted octanol–water partition coefficient (Wildman–Crippen LogP) is 8.10. The Hall–Kier alpha value is -1.95. The summed E-state index contributed by atoms with van der Waals surface area (Å²) in [5.41, 5.74) is 6.78. The van der Waals surface area contributed by atoms with Gasteiger partial charge < -0.3 is 10.5 Å². The van der Waals surface area contributed by atoms with Crippen molar-refractivity contribution >= 4 is 11.7 Å².